The minimum atomic E-state index is -0.704. The number of aliphatic hydroxyl groups is 1. The first-order chi connectivity index (χ1) is 4.80. The molecule has 1 rings (SSSR count). The molecule has 0 unspecified atom stereocenters. The van der Waals surface area contributed by atoms with E-state index in [0.717, 1.165) is 12.8 Å². The third kappa shape index (κ3) is 1.95. The first-order valence-electron chi connectivity index (χ1n) is 3.66. The number of carbonyl (C=O) groups is 1. The lowest BCUT2D eigenvalue weighted by Gasteiger charge is -2.08. The Morgan fingerprint density at radius 1 is 1.40 bits per heavy atom. The highest BCUT2D eigenvalue weighted by Crippen LogP contribution is 2.08. The molecule has 10 heavy (non-hydrogen) atoms. The summed E-state index contributed by atoms with van der Waals surface area (Å²) in [5.41, 5.74) is 0. The number of allylic oxidation sites excluding steroid dienone is 2. The van der Waals surface area contributed by atoms with Gasteiger partial charge in [0, 0.05) is 6.42 Å². The van der Waals surface area contributed by atoms with Crippen molar-refractivity contribution in [1.82, 2.24) is 0 Å². The first-order valence-corrected chi connectivity index (χ1v) is 3.66. The molecule has 0 aromatic heterocycles. The molecule has 2 heteroatoms. The highest BCUT2D eigenvalue weighted by atomic mass is 16.3. The fourth-order valence-electron chi connectivity index (χ4n) is 1.04. The van der Waals surface area contributed by atoms with E-state index >= 15 is 0 Å². The fourth-order valence-corrected chi connectivity index (χ4v) is 1.04. The number of ketones is 1. The Balaban J connectivity index is 2.48. The number of Topliss-reactive ketones (excluding diaryl/α,β-unsaturated/α-hetero) is 1. The molecule has 2 nitrogen and oxygen atoms in total. The Morgan fingerprint density at radius 3 is 2.90 bits per heavy atom. The predicted octanol–water partition coefficient (Wildman–Crippen LogP) is 1.05. The van der Waals surface area contributed by atoms with Crippen LogP contribution in [0.2, 0.25) is 0 Å². The van der Waals surface area contributed by atoms with Crippen LogP contribution in [0.5, 0.6) is 0 Å². The van der Waals surface area contributed by atoms with Crippen LogP contribution in [0.25, 0.3) is 0 Å². The van der Waals surface area contributed by atoms with Gasteiger partial charge in [-0.15, -0.1) is 0 Å². The predicted molar refractivity (Wildman–Crippen MR) is 38.6 cm³/mol. The standard InChI is InChI=1S/C8H12O2/c9-7-5-3-1-2-4-6-8(7)10/h1-2,7,9H,3-6H2/t7-/m1/s1. The molecule has 1 aliphatic rings. The zero-order valence-corrected chi connectivity index (χ0v) is 5.92. The smallest absolute Gasteiger partial charge is 0.161 e. The molecular formula is C8H12O2. The van der Waals surface area contributed by atoms with Crippen LogP contribution in [0.1, 0.15) is 25.7 Å². The van der Waals surface area contributed by atoms with Crippen molar-refractivity contribution >= 4 is 5.78 Å². The maximum atomic E-state index is 10.9. The van der Waals surface area contributed by atoms with Gasteiger partial charge in [-0.2, -0.15) is 0 Å². The molecule has 0 amide bonds. The van der Waals surface area contributed by atoms with E-state index in [4.69, 9.17) is 5.11 Å². The van der Waals surface area contributed by atoms with Crippen LogP contribution in [0, 0.1) is 0 Å². The third-order valence-corrected chi connectivity index (χ3v) is 1.70. The van der Waals surface area contributed by atoms with Crippen molar-refractivity contribution in [2.75, 3.05) is 0 Å². The van der Waals surface area contributed by atoms with Gasteiger partial charge in [-0.25, -0.2) is 0 Å². The van der Waals surface area contributed by atoms with Crippen LogP contribution < -0.4 is 0 Å². The van der Waals surface area contributed by atoms with E-state index in [-0.39, 0.29) is 5.78 Å². The van der Waals surface area contributed by atoms with E-state index in [0.29, 0.717) is 12.8 Å². The summed E-state index contributed by atoms with van der Waals surface area (Å²) < 4.78 is 0. The highest BCUT2D eigenvalue weighted by molar-refractivity contribution is 5.82. The number of hydrogen-bond acceptors (Lipinski definition) is 2. The number of hydrogen-bond donors (Lipinski definition) is 1. The lowest BCUT2D eigenvalue weighted by molar-refractivity contribution is -0.127. The number of carbonyl (C=O) groups excluding carboxylic acids is 1. The average molecular weight is 140 g/mol. The third-order valence-electron chi connectivity index (χ3n) is 1.70. The van der Waals surface area contributed by atoms with Gasteiger partial charge in [0.05, 0.1) is 0 Å². The second-order valence-corrected chi connectivity index (χ2v) is 2.57. The lowest BCUT2D eigenvalue weighted by Crippen LogP contribution is -2.20. The van der Waals surface area contributed by atoms with Gasteiger partial charge in [0.15, 0.2) is 5.78 Å². The molecule has 0 saturated heterocycles. The van der Waals surface area contributed by atoms with Crippen LogP contribution in [-0.4, -0.2) is 17.0 Å². The van der Waals surface area contributed by atoms with Crippen LogP contribution in [0.4, 0.5) is 0 Å². The van der Waals surface area contributed by atoms with Gasteiger partial charge in [-0.1, -0.05) is 12.2 Å². The first kappa shape index (κ1) is 7.48. The molecule has 0 spiro atoms. The molecule has 0 fully saturated rings. The summed E-state index contributed by atoms with van der Waals surface area (Å²) in [7, 11) is 0. The molecule has 56 valence electrons. The maximum absolute atomic E-state index is 10.9. The monoisotopic (exact) mass is 140 g/mol. The van der Waals surface area contributed by atoms with Crippen LogP contribution >= 0.6 is 0 Å². The van der Waals surface area contributed by atoms with Crippen molar-refractivity contribution in [1.29, 1.82) is 0 Å². The van der Waals surface area contributed by atoms with Gasteiger partial charge in [0.1, 0.15) is 6.10 Å². The van der Waals surface area contributed by atoms with E-state index in [1.807, 2.05) is 12.2 Å². The quantitative estimate of drug-likeness (QED) is 0.510. The van der Waals surface area contributed by atoms with E-state index in [1.54, 1.807) is 0 Å². The zero-order chi connectivity index (χ0) is 7.40. The summed E-state index contributed by atoms with van der Waals surface area (Å²) in [5.74, 6) is -0.00986. The van der Waals surface area contributed by atoms with Crippen LogP contribution in [-0.2, 0) is 4.79 Å². The van der Waals surface area contributed by atoms with E-state index in [9.17, 15) is 4.79 Å². The molecule has 0 radical (unpaired) electrons. The van der Waals surface area contributed by atoms with E-state index < -0.39 is 6.10 Å². The van der Waals surface area contributed by atoms with Crippen molar-refractivity contribution in [3.8, 4) is 0 Å². The molecule has 1 atom stereocenters. The summed E-state index contributed by atoms with van der Waals surface area (Å²) in [6.07, 6.45) is 6.03. The summed E-state index contributed by atoms with van der Waals surface area (Å²) >= 11 is 0. The van der Waals surface area contributed by atoms with Gasteiger partial charge in [-0.05, 0) is 19.3 Å². The van der Waals surface area contributed by atoms with Crippen molar-refractivity contribution in [2.45, 2.75) is 31.8 Å². The van der Waals surface area contributed by atoms with Gasteiger partial charge in [0.25, 0.3) is 0 Å². The number of aliphatic hydroxyl groups excluding tert-OH is 1. The normalized spacial score (nSPS) is 27.7. The van der Waals surface area contributed by atoms with Crippen molar-refractivity contribution in [3.63, 3.8) is 0 Å². The van der Waals surface area contributed by atoms with Crippen LogP contribution in [0.3, 0.4) is 0 Å². The van der Waals surface area contributed by atoms with E-state index in [1.165, 1.54) is 0 Å². The summed E-state index contributed by atoms with van der Waals surface area (Å²) in [6, 6.07) is 0. The Bertz CT molecular complexity index is 149. The average Bonchev–Trinajstić information content (AvgIpc) is 1.92. The molecule has 1 N–H and O–H groups in total. The van der Waals surface area contributed by atoms with Gasteiger partial charge in [0.2, 0.25) is 0 Å². The van der Waals surface area contributed by atoms with Gasteiger partial charge < -0.3 is 5.11 Å². The van der Waals surface area contributed by atoms with Crippen molar-refractivity contribution in [2.24, 2.45) is 0 Å². The SMILES string of the molecule is O=C1CCC=CCC[C@H]1O. The number of rotatable bonds is 0. The minimum Gasteiger partial charge on any atom is -0.385 e. The summed E-state index contributed by atoms with van der Waals surface area (Å²) in [4.78, 5) is 10.9. The summed E-state index contributed by atoms with van der Waals surface area (Å²) in [5, 5.41) is 9.10. The second kappa shape index (κ2) is 3.52. The molecule has 0 saturated carbocycles. The van der Waals surface area contributed by atoms with Crippen molar-refractivity contribution in [3.05, 3.63) is 12.2 Å². The molecule has 0 aromatic carbocycles. The molecule has 0 aromatic rings. The van der Waals surface area contributed by atoms with Crippen LogP contribution in [0.15, 0.2) is 12.2 Å². The van der Waals surface area contributed by atoms with Crippen molar-refractivity contribution < 1.29 is 9.90 Å². The zero-order valence-electron chi connectivity index (χ0n) is 5.92. The molecule has 0 aliphatic heterocycles. The molecule has 0 bridgehead atoms. The Morgan fingerprint density at radius 2 is 2.10 bits per heavy atom. The van der Waals surface area contributed by atoms with Gasteiger partial charge in [-0.3, -0.25) is 4.79 Å². The maximum Gasteiger partial charge on any atom is 0.161 e. The Kier molecular flexibility index (Phi) is 2.63. The molecular weight excluding hydrogens is 128 g/mol. The highest BCUT2D eigenvalue weighted by Gasteiger charge is 2.13. The largest absolute Gasteiger partial charge is 0.385 e. The molecule has 1 aliphatic carbocycles. The Labute approximate surface area is 60.6 Å². The lowest BCUT2D eigenvalue weighted by atomic mass is 10.0. The minimum absolute atomic E-state index is 0.00986. The van der Waals surface area contributed by atoms with E-state index in [2.05, 4.69) is 0 Å². The topological polar surface area (TPSA) is 37.3 Å². The Hall–Kier alpha value is -0.630. The van der Waals surface area contributed by atoms with Gasteiger partial charge >= 0.3 is 0 Å². The molecule has 0 heterocycles. The second-order valence-electron chi connectivity index (χ2n) is 2.57. The summed E-state index contributed by atoms with van der Waals surface area (Å²) in [6.45, 7) is 0. The fraction of sp³-hybridized carbons (Fsp3) is 0.625.